The number of hydrogen-bond acceptors (Lipinski definition) is 5. The van der Waals surface area contributed by atoms with E-state index >= 15 is 0 Å². The average molecular weight is 508 g/mol. The van der Waals surface area contributed by atoms with E-state index in [0.29, 0.717) is 23.7 Å². The minimum absolute atomic E-state index is 0.133. The Kier molecular flexibility index (Phi) is 7.42. The molecule has 0 unspecified atom stereocenters. The predicted octanol–water partition coefficient (Wildman–Crippen LogP) is 4.59. The molecule has 2 N–H and O–H groups in total. The second-order valence-corrected chi connectivity index (χ2v) is 8.46. The van der Waals surface area contributed by atoms with Crippen molar-refractivity contribution in [3.05, 3.63) is 65.3 Å². The minimum atomic E-state index is -4.44. The van der Waals surface area contributed by atoms with Crippen LogP contribution in [0.15, 0.2) is 54.7 Å². The van der Waals surface area contributed by atoms with Crippen LogP contribution < -0.4 is 15.4 Å². The smallest absolute Gasteiger partial charge is 0.416 e. The summed E-state index contributed by atoms with van der Waals surface area (Å²) in [5.41, 5.74) is -0.798. The summed E-state index contributed by atoms with van der Waals surface area (Å²) in [5.74, 6) is -0.234. The molecule has 184 valence electrons. The molecule has 1 fully saturated rings. The van der Waals surface area contributed by atoms with Crippen molar-refractivity contribution in [2.24, 2.45) is 0 Å². The zero-order chi connectivity index (χ0) is 25.0. The van der Waals surface area contributed by atoms with Crippen LogP contribution >= 0.6 is 11.6 Å². The first-order chi connectivity index (χ1) is 16.7. The normalized spacial score (nSPS) is 18.2. The number of alkyl halides is 3. The van der Waals surface area contributed by atoms with Gasteiger partial charge in [0.25, 0.3) is 11.8 Å². The topological polar surface area (TPSA) is 89.5 Å². The van der Waals surface area contributed by atoms with Gasteiger partial charge in [0.1, 0.15) is 17.7 Å². The molecule has 1 aromatic heterocycles. The summed E-state index contributed by atoms with van der Waals surface area (Å²) in [6.45, 7) is -0.224. The van der Waals surface area contributed by atoms with E-state index in [1.165, 1.54) is 0 Å². The first-order valence-corrected chi connectivity index (χ1v) is 11.1. The summed E-state index contributed by atoms with van der Waals surface area (Å²) < 4.78 is 48.7. The van der Waals surface area contributed by atoms with E-state index < -0.39 is 23.8 Å². The Morgan fingerprint density at radius 3 is 2.54 bits per heavy atom. The lowest BCUT2D eigenvalue weighted by Gasteiger charge is -2.28. The Hall–Kier alpha value is -3.37. The standard InChI is InChI=1S/C24H21ClF3N3O4/c25-17-4-1-14-10-21(29-11-15(14)9-17)31-23(33)20-8-5-18(12-35-20)30-22(32)13-34-19-6-2-16(3-7-19)24(26,27)28/h1-4,6-7,9-11,18,20H,5,8,12-13H2,(H,30,32)(H,29,31,33)/t18-,20+/m1/s1. The largest absolute Gasteiger partial charge is 0.484 e. The van der Waals surface area contributed by atoms with Crippen LogP contribution in [0.2, 0.25) is 5.02 Å². The van der Waals surface area contributed by atoms with Crippen molar-refractivity contribution in [3.8, 4) is 5.75 Å². The van der Waals surface area contributed by atoms with Crippen molar-refractivity contribution in [1.82, 2.24) is 10.3 Å². The molecule has 0 aliphatic carbocycles. The first kappa shape index (κ1) is 24.7. The molecule has 0 radical (unpaired) electrons. The Morgan fingerprint density at radius 2 is 1.86 bits per heavy atom. The van der Waals surface area contributed by atoms with E-state index in [0.717, 1.165) is 35.0 Å². The van der Waals surface area contributed by atoms with Gasteiger partial charge in [-0.15, -0.1) is 0 Å². The maximum atomic E-state index is 12.6. The van der Waals surface area contributed by atoms with Gasteiger partial charge in [-0.3, -0.25) is 9.59 Å². The minimum Gasteiger partial charge on any atom is -0.484 e. The zero-order valence-corrected chi connectivity index (χ0v) is 19.0. The number of carbonyl (C=O) groups is 2. The van der Waals surface area contributed by atoms with Crippen molar-refractivity contribution in [3.63, 3.8) is 0 Å². The van der Waals surface area contributed by atoms with E-state index in [4.69, 9.17) is 21.1 Å². The molecule has 3 aromatic rings. The lowest BCUT2D eigenvalue weighted by molar-refractivity contribution is -0.137. The fraction of sp³-hybridized carbons (Fsp3) is 0.292. The van der Waals surface area contributed by atoms with E-state index in [1.807, 2.05) is 6.07 Å². The molecular formula is C24H21ClF3N3O4. The van der Waals surface area contributed by atoms with Crippen LogP contribution in [0.4, 0.5) is 19.0 Å². The third-order valence-electron chi connectivity index (χ3n) is 5.42. The lowest BCUT2D eigenvalue weighted by Crippen LogP contribution is -2.47. The van der Waals surface area contributed by atoms with E-state index in [1.54, 1.807) is 24.4 Å². The molecule has 1 aliphatic heterocycles. The molecule has 2 atom stereocenters. The molecule has 1 saturated heterocycles. The maximum Gasteiger partial charge on any atom is 0.416 e. The molecule has 4 rings (SSSR count). The molecule has 11 heteroatoms. The van der Waals surface area contributed by atoms with Crippen molar-refractivity contribution in [2.75, 3.05) is 18.5 Å². The number of hydrogen-bond donors (Lipinski definition) is 2. The van der Waals surface area contributed by atoms with E-state index in [-0.39, 0.29) is 30.9 Å². The lowest BCUT2D eigenvalue weighted by atomic mass is 10.0. The van der Waals surface area contributed by atoms with Crippen molar-refractivity contribution in [2.45, 2.75) is 31.2 Å². The van der Waals surface area contributed by atoms with Crippen LogP contribution in [-0.4, -0.2) is 42.2 Å². The molecule has 2 heterocycles. The van der Waals surface area contributed by atoms with Crippen LogP contribution in [-0.2, 0) is 20.5 Å². The van der Waals surface area contributed by atoms with Gasteiger partial charge in [-0.2, -0.15) is 13.2 Å². The Balaban J connectivity index is 1.21. The molecule has 2 aromatic carbocycles. The number of nitrogens with zero attached hydrogens (tertiary/aromatic N) is 1. The highest BCUT2D eigenvalue weighted by Crippen LogP contribution is 2.30. The van der Waals surface area contributed by atoms with Gasteiger partial charge in [-0.05, 0) is 60.7 Å². The first-order valence-electron chi connectivity index (χ1n) is 10.7. The highest BCUT2D eigenvalue weighted by Gasteiger charge is 2.30. The molecule has 1 aliphatic rings. The number of anilines is 1. The van der Waals surface area contributed by atoms with Crippen LogP contribution in [0.5, 0.6) is 5.75 Å². The van der Waals surface area contributed by atoms with Gasteiger partial charge in [-0.25, -0.2) is 4.98 Å². The SMILES string of the molecule is O=C(COc1ccc(C(F)(F)F)cc1)N[C@@H]1CC[C@@H](C(=O)Nc2cc3ccc(Cl)cc3cn2)OC1. The molecule has 0 saturated carbocycles. The Morgan fingerprint density at radius 1 is 1.09 bits per heavy atom. The second kappa shape index (κ2) is 10.5. The Bertz CT molecular complexity index is 1210. The number of ether oxygens (including phenoxy) is 2. The van der Waals surface area contributed by atoms with Gasteiger partial charge in [-0.1, -0.05) is 17.7 Å². The molecular weight excluding hydrogens is 487 g/mol. The quantitative estimate of drug-likeness (QED) is 0.509. The van der Waals surface area contributed by atoms with Crippen LogP contribution in [0.1, 0.15) is 18.4 Å². The van der Waals surface area contributed by atoms with Crippen LogP contribution in [0.3, 0.4) is 0 Å². The third kappa shape index (κ3) is 6.61. The number of fused-ring (bicyclic) bond motifs is 1. The van der Waals surface area contributed by atoms with Gasteiger partial charge in [0.2, 0.25) is 0 Å². The average Bonchev–Trinajstić information content (AvgIpc) is 2.83. The van der Waals surface area contributed by atoms with Crippen molar-refractivity contribution < 1.29 is 32.2 Å². The van der Waals surface area contributed by atoms with Crippen molar-refractivity contribution in [1.29, 1.82) is 0 Å². The van der Waals surface area contributed by atoms with Gasteiger partial charge in [0.05, 0.1) is 18.2 Å². The summed E-state index contributed by atoms with van der Waals surface area (Å²) >= 11 is 5.97. The zero-order valence-electron chi connectivity index (χ0n) is 18.3. The summed E-state index contributed by atoms with van der Waals surface area (Å²) in [5, 5.41) is 7.80. The maximum absolute atomic E-state index is 12.6. The second-order valence-electron chi connectivity index (χ2n) is 8.02. The highest BCUT2D eigenvalue weighted by molar-refractivity contribution is 6.31. The monoisotopic (exact) mass is 507 g/mol. The molecule has 0 bridgehead atoms. The third-order valence-corrected chi connectivity index (χ3v) is 5.66. The van der Waals surface area contributed by atoms with E-state index in [2.05, 4.69) is 15.6 Å². The van der Waals surface area contributed by atoms with Gasteiger partial charge >= 0.3 is 6.18 Å². The number of aromatic nitrogens is 1. The summed E-state index contributed by atoms with van der Waals surface area (Å²) in [4.78, 5) is 28.9. The summed E-state index contributed by atoms with van der Waals surface area (Å²) in [7, 11) is 0. The van der Waals surface area contributed by atoms with Crippen molar-refractivity contribution >= 4 is 40.0 Å². The molecule has 0 spiro atoms. The predicted molar refractivity (Wildman–Crippen MR) is 123 cm³/mol. The fourth-order valence-corrected chi connectivity index (χ4v) is 3.80. The number of amides is 2. The molecule has 2 amide bonds. The van der Waals surface area contributed by atoms with Gasteiger partial charge < -0.3 is 20.1 Å². The summed E-state index contributed by atoms with van der Waals surface area (Å²) in [6.07, 6.45) is -2.61. The number of halogens is 4. The van der Waals surface area contributed by atoms with Crippen LogP contribution in [0.25, 0.3) is 10.8 Å². The van der Waals surface area contributed by atoms with Gasteiger partial charge in [0, 0.05) is 16.6 Å². The number of nitrogens with one attached hydrogen (secondary N) is 2. The van der Waals surface area contributed by atoms with E-state index in [9.17, 15) is 22.8 Å². The number of rotatable bonds is 6. The molecule has 35 heavy (non-hydrogen) atoms. The summed E-state index contributed by atoms with van der Waals surface area (Å²) in [6, 6.07) is 10.9. The number of pyridine rings is 1. The highest BCUT2D eigenvalue weighted by atomic mass is 35.5. The fourth-order valence-electron chi connectivity index (χ4n) is 3.62. The Labute approximate surface area is 203 Å². The van der Waals surface area contributed by atoms with Crippen LogP contribution in [0, 0.1) is 0 Å². The number of benzene rings is 2. The molecule has 7 nitrogen and oxygen atoms in total. The number of carbonyl (C=O) groups excluding carboxylic acids is 2. The van der Waals surface area contributed by atoms with Gasteiger partial charge in [0.15, 0.2) is 6.61 Å².